The van der Waals surface area contributed by atoms with Crippen LogP contribution in [0.5, 0.6) is 5.75 Å². The minimum atomic E-state index is -3.73. The van der Waals surface area contributed by atoms with Crippen LogP contribution in [0.15, 0.2) is 23.1 Å². The molecule has 2 rings (SSSR count). The lowest BCUT2D eigenvalue weighted by molar-refractivity contribution is -0.126. The molecule has 7 nitrogen and oxygen atoms in total. The summed E-state index contributed by atoms with van der Waals surface area (Å²) in [6, 6.07) is 4.30. The molecule has 1 atom stereocenters. The molecule has 1 aliphatic rings. The monoisotopic (exact) mass is 376 g/mol. The number of piperidine rings is 1. The van der Waals surface area contributed by atoms with Gasteiger partial charge in [-0.2, -0.15) is 4.31 Å². The summed E-state index contributed by atoms with van der Waals surface area (Å²) in [4.78, 5) is 12.1. The van der Waals surface area contributed by atoms with E-state index in [4.69, 9.17) is 21.4 Å². The molecule has 0 unspecified atom stereocenters. The lowest BCUT2D eigenvalue weighted by Crippen LogP contribution is -2.45. The standard InChI is InChI=1S/C15H21ClN2O5S/c1-23-14-5-4-12(9-13(14)16)24(21,22)18-7-2-3-11(10-18)15(20)17-6-8-19/h4-5,9,11,19H,2-3,6-8,10H2,1H3,(H,17,20)/t11-/m1/s1. The van der Waals surface area contributed by atoms with Crippen LogP contribution < -0.4 is 10.1 Å². The van der Waals surface area contributed by atoms with Crippen molar-refractivity contribution in [2.75, 3.05) is 33.4 Å². The Hall–Kier alpha value is -1.35. The van der Waals surface area contributed by atoms with Crippen molar-refractivity contribution in [2.24, 2.45) is 5.92 Å². The van der Waals surface area contributed by atoms with Crippen molar-refractivity contribution in [3.8, 4) is 5.75 Å². The molecule has 0 aromatic heterocycles. The summed E-state index contributed by atoms with van der Waals surface area (Å²) in [6.45, 7) is 0.486. The van der Waals surface area contributed by atoms with E-state index in [0.29, 0.717) is 25.1 Å². The van der Waals surface area contributed by atoms with Gasteiger partial charge in [-0.1, -0.05) is 11.6 Å². The van der Waals surface area contributed by atoms with Gasteiger partial charge < -0.3 is 15.2 Å². The summed E-state index contributed by atoms with van der Waals surface area (Å²) >= 11 is 6.02. The lowest BCUT2D eigenvalue weighted by atomic mass is 9.99. The third-order valence-electron chi connectivity index (χ3n) is 3.93. The first-order chi connectivity index (χ1) is 11.4. The molecule has 1 saturated heterocycles. The molecule has 0 bridgehead atoms. The Morgan fingerprint density at radius 1 is 1.50 bits per heavy atom. The molecule has 24 heavy (non-hydrogen) atoms. The second-order valence-electron chi connectivity index (χ2n) is 5.51. The van der Waals surface area contributed by atoms with E-state index in [2.05, 4.69) is 5.32 Å². The van der Waals surface area contributed by atoms with Crippen molar-refractivity contribution in [2.45, 2.75) is 17.7 Å². The van der Waals surface area contributed by atoms with Crippen molar-refractivity contribution < 1.29 is 23.1 Å². The number of aliphatic hydroxyl groups excluding tert-OH is 1. The van der Waals surface area contributed by atoms with E-state index in [1.54, 1.807) is 0 Å². The van der Waals surface area contributed by atoms with Crippen LogP contribution in [-0.2, 0) is 14.8 Å². The maximum atomic E-state index is 12.8. The third kappa shape index (κ3) is 4.18. The number of hydrogen-bond donors (Lipinski definition) is 2. The van der Waals surface area contributed by atoms with Crippen LogP contribution in [0.2, 0.25) is 5.02 Å². The SMILES string of the molecule is COc1ccc(S(=O)(=O)N2CCC[C@@H](C(=O)NCCO)C2)cc1Cl. The Morgan fingerprint density at radius 3 is 2.88 bits per heavy atom. The molecule has 1 fully saturated rings. The maximum absolute atomic E-state index is 12.8. The van der Waals surface area contributed by atoms with Crippen LogP contribution >= 0.6 is 11.6 Å². The van der Waals surface area contributed by atoms with Crippen LogP contribution in [0.3, 0.4) is 0 Å². The van der Waals surface area contributed by atoms with Gasteiger partial charge in [-0.3, -0.25) is 4.79 Å². The number of benzene rings is 1. The van der Waals surface area contributed by atoms with Crippen LogP contribution in [0.4, 0.5) is 0 Å². The smallest absolute Gasteiger partial charge is 0.243 e. The van der Waals surface area contributed by atoms with E-state index in [0.717, 1.165) is 0 Å². The van der Waals surface area contributed by atoms with Gasteiger partial charge in [0.1, 0.15) is 5.75 Å². The van der Waals surface area contributed by atoms with E-state index in [1.165, 1.54) is 29.6 Å². The zero-order chi connectivity index (χ0) is 17.7. The molecule has 1 amide bonds. The molecule has 9 heteroatoms. The largest absolute Gasteiger partial charge is 0.495 e. The Morgan fingerprint density at radius 2 is 2.25 bits per heavy atom. The van der Waals surface area contributed by atoms with Crippen LogP contribution in [-0.4, -0.2) is 57.1 Å². The van der Waals surface area contributed by atoms with Crippen molar-refractivity contribution in [1.29, 1.82) is 0 Å². The van der Waals surface area contributed by atoms with Gasteiger partial charge in [0.25, 0.3) is 0 Å². The van der Waals surface area contributed by atoms with Gasteiger partial charge in [-0.25, -0.2) is 8.42 Å². The first kappa shape index (κ1) is 19.0. The summed E-state index contributed by atoms with van der Waals surface area (Å²) in [7, 11) is -2.28. The summed E-state index contributed by atoms with van der Waals surface area (Å²) in [6.07, 6.45) is 1.22. The number of hydrogen-bond acceptors (Lipinski definition) is 5. The first-order valence-corrected chi connectivity index (χ1v) is 9.44. The molecule has 1 heterocycles. The number of rotatable bonds is 6. The Bertz CT molecular complexity index is 695. The molecule has 0 saturated carbocycles. The van der Waals surface area contributed by atoms with E-state index < -0.39 is 15.9 Å². The van der Waals surface area contributed by atoms with Crippen molar-refractivity contribution in [3.63, 3.8) is 0 Å². The summed E-state index contributed by atoms with van der Waals surface area (Å²) in [5.41, 5.74) is 0. The average molecular weight is 377 g/mol. The number of nitrogens with one attached hydrogen (secondary N) is 1. The van der Waals surface area contributed by atoms with Crippen molar-refractivity contribution >= 4 is 27.5 Å². The molecule has 1 aromatic carbocycles. The number of carbonyl (C=O) groups is 1. The number of carbonyl (C=O) groups excluding carboxylic acids is 1. The highest BCUT2D eigenvalue weighted by Gasteiger charge is 2.33. The molecule has 2 N–H and O–H groups in total. The molecular weight excluding hydrogens is 356 g/mol. The van der Waals surface area contributed by atoms with E-state index >= 15 is 0 Å². The van der Waals surface area contributed by atoms with Crippen molar-refractivity contribution in [3.05, 3.63) is 23.2 Å². The molecule has 1 aliphatic heterocycles. The van der Waals surface area contributed by atoms with Crippen LogP contribution in [0.1, 0.15) is 12.8 Å². The molecule has 0 aliphatic carbocycles. The Balaban J connectivity index is 2.16. The molecule has 0 spiro atoms. The molecule has 134 valence electrons. The number of ether oxygens (including phenoxy) is 1. The zero-order valence-electron chi connectivity index (χ0n) is 13.4. The predicted molar refractivity (Wildman–Crippen MR) is 89.6 cm³/mol. The van der Waals surface area contributed by atoms with Gasteiger partial charge in [0, 0.05) is 19.6 Å². The highest BCUT2D eigenvalue weighted by atomic mass is 35.5. The van der Waals surface area contributed by atoms with E-state index in [1.807, 2.05) is 0 Å². The lowest BCUT2D eigenvalue weighted by Gasteiger charge is -2.31. The summed E-state index contributed by atoms with van der Waals surface area (Å²) in [5, 5.41) is 11.6. The van der Waals surface area contributed by atoms with Crippen LogP contribution in [0.25, 0.3) is 0 Å². The van der Waals surface area contributed by atoms with Gasteiger partial charge in [0.15, 0.2) is 0 Å². The predicted octanol–water partition coefficient (Wildman–Crippen LogP) is 0.858. The van der Waals surface area contributed by atoms with Gasteiger partial charge in [0.2, 0.25) is 15.9 Å². The van der Waals surface area contributed by atoms with Crippen molar-refractivity contribution in [1.82, 2.24) is 9.62 Å². The topological polar surface area (TPSA) is 95.9 Å². The maximum Gasteiger partial charge on any atom is 0.243 e. The molecular formula is C15H21ClN2O5S. The molecule has 1 aromatic rings. The number of sulfonamides is 1. The zero-order valence-corrected chi connectivity index (χ0v) is 14.9. The first-order valence-electron chi connectivity index (χ1n) is 7.62. The van der Waals surface area contributed by atoms with Gasteiger partial charge in [-0.05, 0) is 31.0 Å². The normalized spacial score (nSPS) is 19.0. The number of aliphatic hydroxyl groups is 1. The quantitative estimate of drug-likeness (QED) is 0.767. The second-order valence-corrected chi connectivity index (χ2v) is 7.86. The highest BCUT2D eigenvalue weighted by molar-refractivity contribution is 7.89. The fourth-order valence-corrected chi connectivity index (χ4v) is 4.53. The Labute approximate surface area is 146 Å². The number of halogens is 1. The minimum Gasteiger partial charge on any atom is -0.495 e. The Kier molecular flexibility index (Phi) is 6.45. The fraction of sp³-hybridized carbons (Fsp3) is 0.533. The number of nitrogens with zero attached hydrogens (tertiary/aromatic N) is 1. The minimum absolute atomic E-state index is 0.0738. The summed E-state index contributed by atoms with van der Waals surface area (Å²) < 4.78 is 31.9. The number of methoxy groups -OCH3 is 1. The van der Waals surface area contributed by atoms with E-state index in [9.17, 15) is 13.2 Å². The molecule has 0 radical (unpaired) electrons. The third-order valence-corrected chi connectivity index (χ3v) is 6.08. The second kappa shape index (κ2) is 8.15. The van der Waals surface area contributed by atoms with E-state index in [-0.39, 0.29) is 35.5 Å². The number of amides is 1. The fourth-order valence-electron chi connectivity index (χ4n) is 2.65. The van der Waals surface area contributed by atoms with Gasteiger partial charge in [0.05, 0.1) is 29.6 Å². The van der Waals surface area contributed by atoms with Crippen LogP contribution in [0, 0.1) is 5.92 Å². The summed E-state index contributed by atoms with van der Waals surface area (Å²) in [5.74, 6) is -0.263. The van der Waals surface area contributed by atoms with Gasteiger partial charge >= 0.3 is 0 Å². The average Bonchev–Trinajstić information content (AvgIpc) is 2.59. The van der Waals surface area contributed by atoms with Gasteiger partial charge in [-0.15, -0.1) is 0 Å². The highest BCUT2D eigenvalue weighted by Crippen LogP contribution is 2.30.